The van der Waals surface area contributed by atoms with Crippen molar-refractivity contribution >= 4 is 34.6 Å². The number of aryl methyl sites for hydroxylation is 1. The maximum Gasteiger partial charge on any atom is 0.250 e. The Bertz CT molecular complexity index is 1490. The number of carbonyl (C=O) groups is 1. The lowest BCUT2D eigenvalue weighted by atomic mass is 9.96. The van der Waals surface area contributed by atoms with Crippen LogP contribution in [0.25, 0.3) is 5.69 Å². The zero-order valence-corrected chi connectivity index (χ0v) is 23.2. The number of nitrogens with one attached hydrogen (secondary N) is 2. The number of carbonyl (C=O) groups excluding carboxylic acids is 1. The average Bonchev–Trinajstić information content (AvgIpc) is 3.44. The number of methoxy groups -OCH3 is 2. The van der Waals surface area contributed by atoms with E-state index in [1.807, 2.05) is 54.6 Å². The van der Waals surface area contributed by atoms with E-state index in [0.29, 0.717) is 16.5 Å². The van der Waals surface area contributed by atoms with Crippen molar-refractivity contribution in [3.63, 3.8) is 0 Å². The van der Waals surface area contributed by atoms with Crippen molar-refractivity contribution in [3.8, 4) is 11.4 Å². The van der Waals surface area contributed by atoms with Crippen molar-refractivity contribution in [2.75, 3.05) is 31.0 Å². The summed E-state index contributed by atoms with van der Waals surface area (Å²) in [5.74, 6) is 0.269. The first-order valence-electron chi connectivity index (χ1n) is 12.6. The average molecular weight is 542 g/mol. The fraction of sp³-hybridized carbons (Fsp3) is 0.233. The first-order valence-corrected chi connectivity index (χ1v) is 13.1. The highest BCUT2D eigenvalue weighted by molar-refractivity contribution is 7.80. The van der Waals surface area contributed by atoms with Gasteiger partial charge in [0.2, 0.25) is 5.91 Å². The number of para-hydroxylation sites is 1. The van der Waals surface area contributed by atoms with Gasteiger partial charge in [0.15, 0.2) is 5.11 Å². The number of amides is 1. The Morgan fingerprint density at radius 1 is 1.03 bits per heavy atom. The molecule has 4 aromatic rings. The van der Waals surface area contributed by atoms with Gasteiger partial charge in [-0.15, -0.1) is 0 Å². The highest BCUT2D eigenvalue weighted by atomic mass is 32.1. The molecule has 0 bridgehead atoms. The van der Waals surface area contributed by atoms with Crippen LogP contribution in [-0.2, 0) is 9.53 Å². The molecule has 1 aliphatic rings. The molecule has 2 aromatic heterocycles. The molecule has 2 unspecified atom stereocenters. The minimum absolute atomic E-state index is 0.0626. The summed E-state index contributed by atoms with van der Waals surface area (Å²) in [4.78, 5) is 19.1. The molecule has 0 aliphatic carbocycles. The zero-order chi connectivity index (χ0) is 27.5. The molecule has 2 N–H and O–H groups in total. The lowest BCUT2D eigenvalue weighted by molar-refractivity contribution is -0.119. The van der Waals surface area contributed by atoms with Crippen LogP contribution in [-0.4, -0.2) is 41.4 Å². The molecule has 2 aromatic carbocycles. The van der Waals surface area contributed by atoms with Gasteiger partial charge in [-0.1, -0.05) is 24.3 Å². The monoisotopic (exact) mass is 541 g/mol. The van der Waals surface area contributed by atoms with E-state index in [0.717, 1.165) is 34.0 Å². The Morgan fingerprint density at radius 3 is 2.49 bits per heavy atom. The van der Waals surface area contributed by atoms with Gasteiger partial charge in [0.1, 0.15) is 12.4 Å². The van der Waals surface area contributed by atoms with Crippen molar-refractivity contribution in [2.24, 2.45) is 0 Å². The number of aromatic nitrogens is 2. The number of thiocarbonyl (C=S) groups is 1. The van der Waals surface area contributed by atoms with Crippen LogP contribution in [0.4, 0.5) is 11.4 Å². The summed E-state index contributed by atoms with van der Waals surface area (Å²) in [5.41, 5.74) is 6.69. The number of anilines is 2. The molecule has 0 spiro atoms. The third-order valence-corrected chi connectivity index (χ3v) is 7.23. The molecule has 5 rings (SSSR count). The van der Waals surface area contributed by atoms with Gasteiger partial charge in [0.05, 0.1) is 30.6 Å². The lowest BCUT2D eigenvalue weighted by Gasteiger charge is -2.29. The molecule has 3 heterocycles. The topological polar surface area (TPSA) is 80.7 Å². The lowest BCUT2D eigenvalue weighted by Crippen LogP contribution is -2.29. The normalized spacial score (nSPS) is 16.7. The molecule has 1 saturated heterocycles. The third kappa shape index (κ3) is 5.10. The highest BCUT2D eigenvalue weighted by Crippen LogP contribution is 2.45. The van der Waals surface area contributed by atoms with Crippen molar-refractivity contribution in [3.05, 3.63) is 102 Å². The van der Waals surface area contributed by atoms with Gasteiger partial charge in [0, 0.05) is 36.1 Å². The fourth-order valence-electron chi connectivity index (χ4n) is 5.27. The maximum absolute atomic E-state index is 12.4. The Morgan fingerprint density at radius 2 is 1.79 bits per heavy atom. The van der Waals surface area contributed by atoms with Crippen LogP contribution in [0.15, 0.2) is 79.0 Å². The van der Waals surface area contributed by atoms with E-state index in [1.165, 1.54) is 7.11 Å². The first kappa shape index (κ1) is 26.4. The molecule has 39 heavy (non-hydrogen) atoms. The zero-order valence-electron chi connectivity index (χ0n) is 22.3. The van der Waals surface area contributed by atoms with Gasteiger partial charge in [0.25, 0.3) is 0 Å². The SMILES string of the molecule is COCC(=O)Nc1cc(N2C(=S)NC(c3ccccn3)C2c2cc(C)n(-c3ccccc3)c2C)ccc1OC. The van der Waals surface area contributed by atoms with Crippen molar-refractivity contribution < 1.29 is 14.3 Å². The number of pyridine rings is 1. The smallest absolute Gasteiger partial charge is 0.250 e. The van der Waals surface area contributed by atoms with Crippen LogP contribution in [0.1, 0.15) is 34.7 Å². The van der Waals surface area contributed by atoms with Crippen LogP contribution in [0.3, 0.4) is 0 Å². The van der Waals surface area contributed by atoms with Crippen molar-refractivity contribution in [1.29, 1.82) is 0 Å². The van der Waals surface area contributed by atoms with Crippen molar-refractivity contribution in [1.82, 2.24) is 14.9 Å². The molecule has 8 nitrogen and oxygen atoms in total. The van der Waals surface area contributed by atoms with Crippen LogP contribution < -0.4 is 20.3 Å². The van der Waals surface area contributed by atoms with E-state index in [4.69, 9.17) is 21.7 Å². The molecule has 0 saturated carbocycles. The predicted octanol–water partition coefficient (Wildman–Crippen LogP) is 5.26. The van der Waals surface area contributed by atoms with Crippen molar-refractivity contribution in [2.45, 2.75) is 25.9 Å². The quantitative estimate of drug-likeness (QED) is 0.295. The summed E-state index contributed by atoms with van der Waals surface area (Å²) < 4.78 is 12.8. The first-order chi connectivity index (χ1) is 18.9. The standard InChI is InChI=1S/C30H31N5O3S/c1-19-16-23(20(2)34(19)21-10-6-5-7-11-21)29-28(24-12-8-9-15-31-24)33-30(39)35(29)22-13-14-26(38-4)25(17-22)32-27(36)18-37-3/h5-17,28-29H,18H2,1-4H3,(H,32,36)(H,33,39). The second-order valence-corrected chi connectivity index (χ2v) is 9.75. The Hall–Kier alpha value is -4.21. The summed E-state index contributed by atoms with van der Waals surface area (Å²) in [6.45, 7) is 4.18. The maximum atomic E-state index is 12.4. The second-order valence-electron chi connectivity index (χ2n) is 9.36. The van der Waals surface area contributed by atoms with E-state index in [1.54, 1.807) is 13.3 Å². The number of hydrogen-bond acceptors (Lipinski definition) is 5. The number of benzene rings is 2. The van der Waals surface area contributed by atoms with Crippen LogP contribution in [0.5, 0.6) is 5.75 Å². The summed E-state index contributed by atoms with van der Waals surface area (Å²) in [6, 6.07) is 23.7. The molecular formula is C30H31N5O3S. The predicted molar refractivity (Wildman–Crippen MR) is 157 cm³/mol. The summed E-state index contributed by atoms with van der Waals surface area (Å²) in [5, 5.41) is 6.98. The van der Waals surface area contributed by atoms with Gasteiger partial charge in [-0.3, -0.25) is 9.78 Å². The molecule has 9 heteroatoms. The van der Waals surface area contributed by atoms with E-state index >= 15 is 0 Å². The van der Waals surface area contributed by atoms with Crippen LogP contribution >= 0.6 is 12.2 Å². The molecule has 200 valence electrons. The van der Waals surface area contributed by atoms with Gasteiger partial charge in [-0.2, -0.15) is 0 Å². The largest absolute Gasteiger partial charge is 0.495 e. The van der Waals surface area contributed by atoms with Gasteiger partial charge in [-0.25, -0.2) is 0 Å². The minimum Gasteiger partial charge on any atom is -0.495 e. The summed E-state index contributed by atoms with van der Waals surface area (Å²) in [7, 11) is 3.05. The second kappa shape index (κ2) is 11.3. The van der Waals surface area contributed by atoms with E-state index in [9.17, 15) is 4.79 Å². The Kier molecular flexibility index (Phi) is 7.63. The van der Waals surface area contributed by atoms with Crippen LogP contribution in [0, 0.1) is 13.8 Å². The van der Waals surface area contributed by atoms with Gasteiger partial charge in [-0.05, 0) is 80.2 Å². The minimum atomic E-state index is -0.274. The molecular weight excluding hydrogens is 510 g/mol. The third-order valence-electron chi connectivity index (χ3n) is 6.91. The Labute approximate surface area is 233 Å². The fourth-order valence-corrected chi connectivity index (χ4v) is 5.62. The molecule has 0 radical (unpaired) electrons. The Balaban J connectivity index is 1.64. The summed E-state index contributed by atoms with van der Waals surface area (Å²) in [6.07, 6.45) is 1.80. The van der Waals surface area contributed by atoms with Crippen LogP contribution in [0.2, 0.25) is 0 Å². The molecule has 1 fully saturated rings. The van der Waals surface area contributed by atoms with E-state index in [-0.39, 0.29) is 24.6 Å². The van der Waals surface area contributed by atoms with E-state index in [2.05, 4.69) is 57.1 Å². The van der Waals surface area contributed by atoms with Gasteiger partial charge < -0.3 is 29.6 Å². The molecule has 1 amide bonds. The molecule has 2 atom stereocenters. The summed E-state index contributed by atoms with van der Waals surface area (Å²) >= 11 is 5.93. The highest BCUT2D eigenvalue weighted by Gasteiger charge is 2.42. The number of hydrogen-bond donors (Lipinski definition) is 2. The number of rotatable bonds is 8. The molecule has 1 aliphatic heterocycles. The van der Waals surface area contributed by atoms with E-state index < -0.39 is 0 Å². The number of nitrogens with zero attached hydrogens (tertiary/aromatic N) is 3. The number of ether oxygens (including phenoxy) is 2. The van der Waals surface area contributed by atoms with Gasteiger partial charge >= 0.3 is 0 Å².